The van der Waals surface area contributed by atoms with Gasteiger partial charge in [-0.1, -0.05) is 20.8 Å². The molecular weight excluding hydrogens is 252 g/mol. The summed E-state index contributed by atoms with van der Waals surface area (Å²) in [6, 6.07) is 1.99. The third-order valence-corrected chi connectivity index (χ3v) is 2.65. The lowest BCUT2D eigenvalue weighted by Crippen LogP contribution is -2.30. The molecule has 0 aliphatic carbocycles. The number of nitrogens with zero attached hydrogens (tertiary/aromatic N) is 3. The van der Waals surface area contributed by atoms with Gasteiger partial charge in [-0.15, -0.1) is 0 Å². The fourth-order valence-electron chi connectivity index (χ4n) is 2.00. The molecule has 0 saturated carbocycles. The number of rotatable bonds is 7. The molecule has 1 aromatic rings. The maximum atomic E-state index is 5.42. The van der Waals surface area contributed by atoms with Crippen molar-refractivity contribution in [3.8, 4) is 0 Å². The summed E-state index contributed by atoms with van der Waals surface area (Å²) in [5.74, 6) is 2.51. The summed E-state index contributed by atoms with van der Waals surface area (Å²) in [7, 11) is 2.06. The van der Waals surface area contributed by atoms with E-state index in [4.69, 9.17) is 4.74 Å². The quantitative estimate of drug-likeness (QED) is 0.832. The molecule has 0 saturated heterocycles. The van der Waals surface area contributed by atoms with Gasteiger partial charge in [-0.2, -0.15) is 0 Å². The van der Waals surface area contributed by atoms with Crippen molar-refractivity contribution < 1.29 is 4.74 Å². The van der Waals surface area contributed by atoms with E-state index in [0.717, 1.165) is 30.5 Å². The molecule has 0 amide bonds. The van der Waals surface area contributed by atoms with Crippen molar-refractivity contribution in [1.29, 1.82) is 0 Å². The molecule has 0 fully saturated rings. The highest BCUT2D eigenvalue weighted by Crippen LogP contribution is 2.21. The van der Waals surface area contributed by atoms with Gasteiger partial charge in [0, 0.05) is 32.8 Å². The molecule has 5 nitrogen and oxygen atoms in total. The summed E-state index contributed by atoms with van der Waals surface area (Å²) in [5.41, 5.74) is 0.220. The Morgan fingerprint density at radius 1 is 1.25 bits per heavy atom. The zero-order valence-corrected chi connectivity index (χ0v) is 13.7. The van der Waals surface area contributed by atoms with Gasteiger partial charge in [-0.05, 0) is 19.3 Å². The van der Waals surface area contributed by atoms with E-state index in [9.17, 15) is 0 Å². The molecule has 0 bridgehead atoms. The molecule has 0 atom stereocenters. The number of ether oxygens (including phenoxy) is 1. The van der Waals surface area contributed by atoms with E-state index >= 15 is 0 Å². The molecule has 20 heavy (non-hydrogen) atoms. The van der Waals surface area contributed by atoms with Gasteiger partial charge in [0.2, 0.25) is 0 Å². The fraction of sp³-hybridized carbons (Fsp3) is 0.733. The van der Waals surface area contributed by atoms with Crippen molar-refractivity contribution in [2.24, 2.45) is 5.41 Å². The Kier molecular flexibility index (Phi) is 6.20. The first-order chi connectivity index (χ1) is 9.35. The molecule has 0 aliphatic heterocycles. The predicted molar refractivity (Wildman–Crippen MR) is 84.3 cm³/mol. The monoisotopic (exact) mass is 280 g/mol. The van der Waals surface area contributed by atoms with Crippen LogP contribution in [0, 0.1) is 5.41 Å². The molecule has 1 N–H and O–H groups in total. The van der Waals surface area contributed by atoms with Crippen LogP contribution in [0.2, 0.25) is 0 Å². The second kappa shape index (κ2) is 7.43. The van der Waals surface area contributed by atoms with Crippen molar-refractivity contribution in [2.75, 3.05) is 37.0 Å². The largest absolute Gasteiger partial charge is 0.374 e. The van der Waals surface area contributed by atoms with Crippen molar-refractivity contribution in [1.82, 2.24) is 9.97 Å². The maximum Gasteiger partial charge on any atom is 0.158 e. The highest BCUT2D eigenvalue weighted by Gasteiger charge is 2.16. The van der Waals surface area contributed by atoms with Gasteiger partial charge in [0.25, 0.3) is 0 Å². The van der Waals surface area contributed by atoms with E-state index in [2.05, 4.69) is 54.9 Å². The van der Waals surface area contributed by atoms with Crippen molar-refractivity contribution in [2.45, 2.75) is 41.2 Å². The Morgan fingerprint density at radius 3 is 2.50 bits per heavy atom. The maximum absolute atomic E-state index is 5.42. The topological polar surface area (TPSA) is 50.3 Å². The number of hydrogen-bond acceptors (Lipinski definition) is 5. The Hall–Kier alpha value is -1.36. The molecule has 0 radical (unpaired) electrons. The summed E-state index contributed by atoms with van der Waals surface area (Å²) in [5, 5.41) is 3.25. The van der Waals surface area contributed by atoms with Gasteiger partial charge < -0.3 is 15.0 Å². The average Bonchev–Trinajstić information content (AvgIpc) is 2.34. The van der Waals surface area contributed by atoms with Gasteiger partial charge in [0.05, 0.1) is 0 Å². The first-order valence-electron chi connectivity index (χ1n) is 7.26. The van der Waals surface area contributed by atoms with E-state index in [-0.39, 0.29) is 5.41 Å². The Balaban J connectivity index is 2.95. The van der Waals surface area contributed by atoms with Crippen LogP contribution in [0.3, 0.4) is 0 Å². The highest BCUT2D eigenvalue weighted by molar-refractivity contribution is 5.49. The molecule has 1 aromatic heterocycles. The van der Waals surface area contributed by atoms with Gasteiger partial charge in [0.1, 0.15) is 18.2 Å². The summed E-state index contributed by atoms with van der Waals surface area (Å²) in [6.07, 6.45) is 0. The van der Waals surface area contributed by atoms with Gasteiger partial charge in [-0.3, -0.25) is 0 Å². The highest BCUT2D eigenvalue weighted by atomic mass is 16.5. The number of nitrogens with one attached hydrogen (secondary N) is 1. The fourth-order valence-corrected chi connectivity index (χ4v) is 2.00. The van der Waals surface area contributed by atoms with Crippen molar-refractivity contribution in [3.63, 3.8) is 0 Å². The van der Waals surface area contributed by atoms with E-state index in [1.807, 2.05) is 13.0 Å². The molecule has 0 spiro atoms. The minimum Gasteiger partial charge on any atom is -0.374 e. The number of anilines is 2. The predicted octanol–water partition coefficient (Wildman–Crippen LogP) is 2.93. The van der Waals surface area contributed by atoms with E-state index in [1.54, 1.807) is 0 Å². The third-order valence-electron chi connectivity index (χ3n) is 2.65. The summed E-state index contributed by atoms with van der Waals surface area (Å²) >= 11 is 0. The standard InChI is InChI=1S/C15H28N4O/c1-7-16-12-9-14(19(6)11-15(3,4)5)18-13(17-12)10-20-8-2/h9H,7-8,10-11H2,1-6H3,(H,16,17,18). The Morgan fingerprint density at radius 2 is 1.95 bits per heavy atom. The molecular formula is C15H28N4O. The molecule has 1 heterocycles. The van der Waals surface area contributed by atoms with Gasteiger partial charge >= 0.3 is 0 Å². The SMILES string of the molecule is CCNc1cc(N(C)CC(C)(C)C)nc(COCC)n1. The zero-order chi connectivity index (χ0) is 15.2. The van der Waals surface area contributed by atoms with Crippen LogP contribution in [-0.4, -0.2) is 36.7 Å². The van der Waals surface area contributed by atoms with Gasteiger partial charge in [0.15, 0.2) is 5.82 Å². The van der Waals surface area contributed by atoms with Crippen molar-refractivity contribution in [3.05, 3.63) is 11.9 Å². The molecule has 1 rings (SSSR count). The minimum atomic E-state index is 0.220. The number of aromatic nitrogens is 2. The lowest BCUT2D eigenvalue weighted by atomic mass is 9.96. The smallest absolute Gasteiger partial charge is 0.158 e. The summed E-state index contributed by atoms with van der Waals surface area (Å²) < 4.78 is 5.42. The molecule has 5 heteroatoms. The van der Waals surface area contributed by atoms with Crippen LogP contribution in [0.5, 0.6) is 0 Å². The lowest BCUT2D eigenvalue weighted by molar-refractivity contribution is 0.128. The summed E-state index contributed by atoms with van der Waals surface area (Å²) in [6.45, 7) is 13.6. The molecule has 0 aliphatic rings. The second-order valence-electron chi connectivity index (χ2n) is 6.11. The molecule has 114 valence electrons. The van der Waals surface area contributed by atoms with Crippen molar-refractivity contribution >= 4 is 11.6 Å². The van der Waals surface area contributed by atoms with E-state index in [1.165, 1.54) is 0 Å². The van der Waals surface area contributed by atoms with Crippen LogP contribution in [0.1, 0.15) is 40.4 Å². The van der Waals surface area contributed by atoms with Crippen LogP contribution < -0.4 is 10.2 Å². The van der Waals surface area contributed by atoms with Crippen LogP contribution in [0.25, 0.3) is 0 Å². The van der Waals surface area contributed by atoms with Crippen LogP contribution in [0.15, 0.2) is 6.07 Å². The first-order valence-corrected chi connectivity index (χ1v) is 7.26. The van der Waals surface area contributed by atoms with Crippen LogP contribution in [0.4, 0.5) is 11.6 Å². The first kappa shape index (κ1) is 16.7. The van der Waals surface area contributed by atoms with Crippen LogP contribution >= 0.6 is 0 Å². The van der Waals surface area contributed by atoms with E-state index < -0.39 is 0 Å². The molecule has 0 aromatic carbocycles. The molecule has 0 unspecified atom stereocenters. The normalized spacial score (nSPS) is 11.5. The third kappa shape index (κ3) is 5.74. The average molecular weight is 280 g/mol. The zero-order valence-electron chi connectivity index (χ0n) is 13.7. The second-order valence-corrected chi connectivity index (χ2v) is 6.11. The summed E-state index contributed by atoms with van der Waals surface area (Å²) in [4.78, 5) is 11.2. The Bertz CT molecular complexity index is 415. The number of hydrogen-bond donors (Lipinski definition) is 1. The Labute approximate surface area is 122 Å². The lowest BCUT2D eigenvalue weighted by Gasteiger charge is -2.27. The van der Waals surface area contributed by atoms with E-state index in [0.29, 0.717) is 13.2 Å². The van der Waals surface area contributed by atoms with Gasteiger partial charge in [-0.25, -0.2) is 9.97 Å². The minimum absolute atomic E-state index is 0.220. The van der Waals surface area contributed by atoms with Crippen LogP contribution in [-0.2, 0) is 11.3 Å².